The third-order valence-electron chi connectivity index (χ3n) is 3.79. The predicted octanol–water partition coefficient (Wildman–Crippen LogP) is 2.38. The molecule has 1 aliphatic rings. The molecule has 2 aromatic rings. The molecule has 7 heteroatoms. The van der Waals surface area contributed by atoms with Crippen molar-refractivity contribution in [2.75, 3.05) is 0 Å². The van der Waals surface area contributed by atoms with Gasteiger partial charge in [-0.05, 0) is 30.9 Å². The summed E-state index contributed by atoms with van der Waals surface area (Å²) in [7, 11) is 1.84. The maximum atomic E-state index is 12.3. The van der Waals surface area contributed by atoms with Gasteiger partial charge in [0.15, 0.2) is 0 Å². The number of carbonyl (C=O) groups is 1. The van der Waals surface area contributed by atoms with E-state index >= 15 is 0 Å². The van der Waals surface area contributed by atoms with Crippen molar-refractivity contribution in [1.82, 2.24) is 15.1 Å². The molecule has 2 aromatic heterocycles. The van der Waals surface area contributed by atoms with Crippen LogP contribution in [0.3, 0.4) is 0 Å². The number of rotatable bonds is 4. The fraction of sp³-hybridized carbons (Fsp3) is 0.429. The zero-order chi connectivity index (χ0) is 15.0. The zero-order valence-electron chi connectivity index (χ0n) is 11.5. The monoisotopic (exact) mass is 325 g/mol. The second-order valence-corrected chi connectivity index (χ2v) is 7.10. The van der Waals surface area contributed by atoms with Crippen LogP contribution in [0, 0.1) is 5.92 Å². The number of aromatic nitrogens is 2. The molecule has 2 N–H and O–H groups in total. The zero-order valence-corrected chi connectivity index (χ0v) is 13.1. The lowest BCUT2D eigenvalue weighted by molar-refractivity contribution is 0.0235. The molecular weight excluding hydrogens is 310 g/mol. The van der Waals surface area contributed by atoms with Gasteiger partial charge in [-0.15, -0.1) is 11.3 Å². The SMILES string of the molecule is Cn1cc([C@@H](NC(=O)c2ccc(Cl)s2)C2CC(O)C2)cn1. The Kier molecular flexibility index (Phi) is 4.01. The molecule has 0 spiro atoms. The summed E-state index contributed by atoms with van der Waals surface area (Å²) >= 11 is 7.13. The van der Waals surface area contributed by atoms with Crippen LogP contribution >= 0.6 is 22.9 Å². The van der Waals surface area contributed by atoms with Crippen molar-refractivity contribution < 1.29 is 9.90 Å². The van der Waals surface area contributed by atoms with Crippen molar-refractivity contribution in [2.45, 2.75) is 25.0 Å². The highest BCUT2D eigenvalue weighted by Gasteiger charge is 2.36. The van der Waals surface area contributed by atoms with E-state index in [1.54, 1.807) is 23.0 Å². The van der Waals surface area contributed by atoms with Crippen LogP contribution in [0.15, 0.2) is 24.5 Å². The summed E-state index contributed by atoms with van der Waals surface area (Å²) in [5.74, 6) is 0.103. The number of aliphatic hydroxyl groups is 1. The smallest absolute Gasteiger partial charge is 0.261 e. The Balaban J connectivity index is 1.77. The topological polar surface area (TPSA) is 67.2 Å². The van der Waals surface area contributed by atoms with Gasteiger partial charge in [0.2, 0.25) is 0 Å². The van der Waals surface area contributed by atoms with Gasteiger partial charge in [-0.2, -0.15) is 5.10 Å². The number of amides is 1. The quantitative estimate of drug-likeness (QED) is 0.907. The molecule has 0 saturated heterocycles. The second-order valence-electron chi connectivity index (χ2n) is 5.39. The van der Waals surface area contributed by atoms with Crippen molar-refractivity contribution in [2.24, 2.45) is 13.0 Å². The summed E-state index contributed by atoms with van der Waals surface area (Å²) < 4.78 is 2.31. The highest BCUT2D eigenvalue weighted by Crippen LogP contribution is 2.38. The van der Waals surface area contributed by atoms with E-state index in [-0.39, 0.29) is 24.0 Å². The van der Waals surface area contributed by atoms with Crippen LogP contribution in [-0.4, -0.2) is 26.9 Å². The normalized spacial score (nSPS) is 22.6. The van der Waals surface area contributed by atoms with Crippen LogP contribution in [0.5, 0.6) is 0 Å². The number of nitrogens with zero attached hydrogens (tertiary/aromatic N) is 2. The maximum absolute atomic E-state index is 12.3. The van der Waals surface area contributed by atoms with E-state index in [0.29, 0.717) is 22.1 Å². The summed E-state index contributed by atoms with van der Waals surface area (Å²) in [5, 5.41) is 16.7. The Labute approximate surface area is 131 Å². The minimum atomic E-state index is -0.262. The minimum Gasteiger partial charge on any atom is -0.393 e. The number of carbonyl (C=O) groups excluding carboxylic acids is 1. The van der Waals surface area contributed by atoms with Gasteiger partial charge in [-0.1, -0.05) is 11.6 Å². The fourth-order valence-corrected chi connectivity index (χ4v) is 3.57. The van der Waals surface area contributed by atoms with Gasteiger partial charge >= 0.3 is 0 Å². The Morgan fingerprint density at radius 3 is 2.86 bits per heavy atom. The summed E-state index contributed by atoms with van der Waals surface area (Å²) in [6.45, 7) is 0. The molecule has 0 bridgehead atoms. The number of halogens is 1. The highest BCUT2D eigenvalue weighted by atomic mass is 35.5. The molecule has 1 amide bonds. The molecule has 5 nitrogen and oxygen atoms in total. The number of aliphatic hydroxyl groups excluding tert-OH is 1. The van der Waals surface area contributed by atoms with Crippen molar-refractivity contribution in [3.8, 4) is 0 Å². The Bertz CT molecular complexity index is 648. The number of aryl methyl sites for hydroxylation is 1. The van der Waals surface area contributed by atoms with Crippen LogP contribution < -0.4 is 5.32 Å². The Morgan fingerprint density at radius 1 is 1.57 bits per heavy atom. The van der Waals surface area contributed by atoms with Crippen molar-refractivity contribution in [3.05, 3.63) is 39.3 Å². The molecule has 0 unspecified atom stereocenters. The molecule has 1 fully saturated rings. The second kappa shape index (κ2) is 5.79. The van der Waals surface area contributed by atoms with Gasteiger partial charge in [0.25, 0.3) is 5.91 Å². The maximum Gasteiger partial charge on any atom is 0.261 e. The van der Waals surface area contributed by atoms with Gasteiger partial charge in [0.1, 0.15) is 0 Å². The first-order valence-corrected chi connectivity index (χ1v) is 7.95. The van der Waals surface area contributed by atoms with Crippen LogP contribution in [0.4, 0.5) is 0 Å². The van der Waals surface area contributed by atoms with E-state index in [1.807, 2.05) is 13.2 Å². The standard InChI is InChI=1S/C14H16ClN3O2S/c1-18-7-9(6-16-18)13(8-4-10(19)5-8)17-14(20)11-2-3-12(15)21-11/h2-3,6-8,10,13,19H,4-5H2,1H3,(H,17,20)/t8?,10?,13-/m0/s1. The molecule has 1 saturated carbocycles. The van der Waals surface area contributed by atoms with E-state index in [4.69, 9.17) is 11.6 Å². The molecule has 0 aliphatic heterocycles. The molecule has 112 valence electrons. The fourth-order valence-electron chi connectivity index (χ4n) is 2.62. The third kappa shape index (κ3) is 3.12. The van der Waals surface area contributed by atoms with E-state index in [0.717, 1.165) is 5.56 Å². The van der Waals surface area contributed by atoms with E-state index in [1.165, 1.54) is 11.3 Å². The van der Waals surface area contributed by atoms with Crippen LogP contribution in [-0.2, 0) is 7.05 Å². The Hall–Kier alpha value is -1.37. The van der Waals surface area contributed by atoms with Crippen LogP contribution in [0.1, 0.15) is 34.1 Å². The molecule has 3 rings (SSSR count). The largest absolute Gasteiger partial charge is 0.393 e. The molecule has 0 aromatic carbocycles. The van der Waals surface area contributed by atoms with Crippen LogP contribution in [0.2, 0.25) is 4.34 Å². The summed E-state index contributed by atoms with van der Waals surface area (Å²) in [4.78, 5) is 12.9. The van der Waals surface area contributed by atoms with Gasteiger partial charge < -0.3 is 10.4 Å². The summed E-state index contributed by atoms with van der Waals surface area (Å²) in [6.07, 6.45) is 4.80. The first-order chi connectivity index (χ1) is 10.0. The molecule has 1 aliphatic carbocycles. The average molecular weight is 326 g/mol. The molecular formula is C14H16ClN3O2S. The number of hydrogen-bond acceptors (Lipinski definition) is 4. The first-order valence-electron chi connectivity index (χ1n) is 6.75. The Morgan fingerprint density at radius 2 is 2.33 bits per heavy atom. The number of hydrogen-bond donors (Lipinski definition) is 2. The average Bonchev–Trinajstić information content (AvgIpc) is 3.01. The highest BCUT2D eigenvalue weighted by molar-refractivity contribution is 7.17. The lowest BCUT2D eigenvalue weighted by atomic mass is 9.75. The summed E-state index contributed by atoms with van der Waals surface area (Å²) in [5.41, 5.74) is 0.963. The lowest BCUT2D eigenvalue weighted by Crippen LogP contribution is -2.41. The first kappa shape index (κ1) is 14.6. The van der Waals surface area contributed by atoms with E-state index < -0.39 is 0 Å². The number of nitrogens with one attached hydrogen (secondary N) is 1. The minimum absolute atomic E-state index is 0.129. The van der Waals surface area contributed by atoms with Crippen molar-refractivity contribution in [3.63, 3.8) is 0 Å². The van der Waals surface area contributed by atoms with Gasteiger partial charge in [-0.25, -0.2) is 0 Å². The molecule has 2 heterocycles. The van der Waals surface area contributed by atoms with E-state index in [2.05, 4.69) is 10.4 Å². The molecule has 1 atom stereocenters. The third-order valence-corrected chi connectivity index (χ3v) is 5.02. The lowest BCUT2D eigenvalue weighted by Gasteiger charge is -2.37. The van der Waals surface area contributed by atoms with Crippen molar-refractivity contribution >= 4 is 28.8 Å². The van der Waals surface area contributed by atoms with E-state index in [9.17, 15) is 9.90 Å². The molecule has 0 radical (unpaired) electrons. The predicted molar refractivity (Wildman–Crippen MR) is 81.5 cm³/mol. The molecule has 21 heavy (non-hydrogen) atoms. The van der Waals surface area contributed by atoms with Gasteiger partial charge in [-0.3, -0.25) is 9.48 Å². The van der Waals surface area contributed by atoms with Crippen molar-refractivity contribution in [1.29, 1.82) is 0 Å². The summed E-state index contributed by atoms with van der Waals surface area (Å²) in [6, 6.07) is 3.31. The number of thiophene rings is 1. The van der Waals surface area contributed by atoms with Gasteiger partial charge in [0, 0.05) is 18.8 Å². The van der Waals surface area contributed by atoms with Crippen LogP contribution in [0.25, 0.3) is 0 Å². The van der Waals surface area contributed by atoms with Gasteiger partial charge in [0.05, 0.1) is 27.6 Å².